The van der Waals surface area contributed by atoms with Gasteiger partial charge in [0.2, 0.25) is 0 Å². The van der Waals surface area contributed by atoms with E-state index in [0.29, 0.717) is 5.56 Å². The molecule has 0 aliphatic rings. The van der Waals surface area contributed by atoms with Crippen LogP contribution in [-0.4, -0.2) is 6.61 Å². The van der Waals surface area contributed by atoms with Crippen LogP contribution in [-0.2, 0) is 5.88 Å². The Morgan fingerprint density at radius 2 is 2.31 bits per heavy atom. The highest BCUT2D eigenvalue weighted by molar-refractivity contribution is 6.17. The molecule has 4 heteroatoms. The van der Waals surface area contributed by atoms with Crippen LogP contribution in [0.2, 0.25) is 0 Å². The molecule has 68 valence electrons. The second-order valence-electron chi connectivity index (χ2n) is 2.31. The summed E-state index contributed by atoms with van der Waals surface area (Å²) in [5.41, 5.74) is 0.553. The first kappa shape index (κ1) is 9.82. The van der Waals surface area contributed by atoms with Gasteiger partial charge in [-0.2, -0.15) is 5.26 Å². The quantitative estimate of drug-likeness (QED) is 0.701. The second-order valence-corrected chi connectivity index (χ2v) is 2.58. The van der Waals surface area contributed by atoms with Crippen LogP contribution in [0.15, 0.2) is 18.2 Å². The SMILES string of the molecule is N#CCOc1c(F)cccc1CCl. The second kappa shape index (κ2) is 4.68. The zero-order valence-electron chi connectivity index (χ0n) is 6.76. The smallest absolute Gasteiger partial charge is 0.174 e. The minimum absolute atomic E-state index is 0.0686. The summed E-state index contributed by atoms with van der Waals surface area (Å²) in [7, 11) is 0. The lowest BCUT2D eigenvalue weighted by molar-refractivity contribution is 0.343. The molecule has 1 rings (SSSR count). The molecule has 0 N–H and O–H groups in total. The van der Waals surface area contributed by atoms with Crippen molar-refractivity contribution < 1.29 is 9.13 Å². The monoisotopic (exact) mass is 199 g/mol. The Morgan fingerprint density at radius 1 is 1.54 bits per heavy atom. The molecule has 2 nitrogen and oxygen atoms in total. The van der Waals surface area contributed by atoms with Crippen molar-refractivity contribution in [3.05, 3.63) is 29.6 Å². The molecule has 0 fully saturated rings. The number of benzene rings is 1. The fourth-order valence-corrected chi connectivity index (χ4v) is 1.14. The van der Waals surface area contributed by atoms with Crippen molar-refractivity contribution in [1.82, 2.24) is 0 Å². The maximum absolute atomic E-state index is 13.1. The van der Waals surface area contributed by atoms with Crippen molar-refractivity contribution in [3.8, 4) is 11.8 Å². The van der Waals surface area contributed by atoms with E-state index in [-0.39, 0.29) is 18.2 Å². The van der Waals surface area contributed by atoms with E-state index >= 15 is 0 Å². The number of rotatable bonds is 3. The van der Waals surface area contributed by atoms with Crippen LogP contribution < -0.4 is 4.74 Å². The third-order valence-corrected chi connectivity index (χ3v) is 1.76. The van der Waals surface area contributed by atoms with E-state index in [4.69, 9.17) is 21.6 Å². The summed E-state index contributed by atoms with van der Waals surface area (Å²) in [6.45, 7) is -0.176. The Bertz CT molecular complexity index is 335. The van der Waals surface area contributed by atoms with E-state index in [9.17, 15) is 4.39 Å². The van der Waals surface area contributed by atoms with E-state index in [0.717, 1.165) is 0 Å². The lowest BCUT2D eigenvalue weighted by Gasteiger charge is -2.07. The van der Waals surface area contributed by atoms with Crippen LogP contribution in [0, 0.1) is 17.1 Å². The Hall–Kier alpha value is -1.27. The number of hydrogen-bond acceptors (Lipinski definition) is 2. The lowest BCUT2D eigenvalue weighted by atomic mass is 10.2. The van der Waals surface area contributed by atoms with Crippen molar-refractivity contribution in [2.75, 3.05) is 6.61 Å². The van der Waals surface area contributed by atoms with E-state index in [1.807, 2.05) is 0 Å². The van der Waals surface area contributed by atoms with Gasteiger partial charge in [0.25, 0.3) is 0 Å². The number of halogens is 2. The number of nitrogens with zero attached hydrogens (tertiary/aromatic N) is 1. The predicted molar refractivity (Wildman–Crippen MR) is 47.1 cm³/mol. The summed E-state index contributed by atoms with van der Waals surface area (Å²) < 4.78 is 18.0. The summed E-state index contributed by atoms with van der Waals surface area (Å²) >= 11 is 5.55. The average molecular weight is 200 g/mol. The molecule has 0 saturated heterocycles. The highest BCUT2D eigenvalue weighted by Gasteiger charge is 2.07. The van der Waals surface area contributed by atoms with E-state index in [1.54, 1.807) is 18.2 Å². The number of para-hydroxylation sites is 1. The lowest BCUT2D eigenvalue weighted by Crippen LogP contribution is -1.99. The van der Waals surface area contributed by atoms with Crippen molar-refractivity contribution in [2.45, 2.75) is 5.88 Å². The first-order chi connectivity index (χ1) is 6.29. The van der Waals surface area contributed by atoms with Gasteiger partial charge < -0.3 is 4.74 Å². The van der Waals surface area contributed by atoms with E-state index < -0.39 is 5.82 Å². The van der Waals surface area contributed by atoms with Gasteiger partial charge in [0.05, 0.1) is 5.88 Å². The molecular weight excluding hydrogens is 193 g/mol. The first-order valence-corrected chi connectivity index (χ1v) is 4.16. The van der Waals surface area contributed by atoms with Crippen LogP contribution in [0.4, 0.5) is 4.39 Å². The summed E-state index contributed by atoms with van der Waals surface area (Å²) in [5, 5.41) is 8.25. The molecule has 0 heterocycles. The van der Waals surface area contributed by atoms with Crippen LogP contribution in [0.3, 0.4) is 0 Å². The van der Waals surface area contributed by atoms with Crippen LogP contribution in [0.5, 0.6) is 5.75 Å². The minimum Gasteiger partial charge on any atom is -0.475 e. The Balaban J connectivity index is 2.95. The van der Waals surface area contributed by atoms with E-state index in [2.05, 4.69) is 0 Å². The standard InChI is InChI=1S/C9H7ClFNO/c10-6-7-2-1-3-8(11)9(7)13-5-4-12/h1-3H,5-6H2. The number of hydrogen-bond donors (Lipinski definition) is 0. The molecule has 0 spiro atoms. The van der Waals surface area contributed by atoms with Gasteiger partial charge in [-0.1, -0.05) is 12.1 Å². The first-order valence-electron chi connectivity index (χ1n) is 3.62. The maximum Gasteiger partial charge on any atom is 0.174 e. The highest BCUT2D eigenvalue weighted by atomic mass is 35.5. The van der Waals surface area contributed by atoms with Gasteiger partial charge in [-0.05, 0) is 6.07 Å². The van der Waals surface area contributed by atoms with Crippen molar-refractivity contribution in [3.63, 3.8) is 0 Å². The van der Waals surface area contributed by atoms with Gasteiger partial charge >= 0.3 is 0 Å². The minimum atomic E-state index is -0.492. The molecule has 0 aliphatic carbocycles. The normalized spacial score (nSPS) is 9.31. The van der Waals surface area contributed by atoms with Crippen molar-refractivity contribution in [2.24, 2.45) is 0 Å². The zero-order valence-corrected chi connectivity index (χ0v) is 7.51. The van der Waals surface area contributed by atoms with Gasteiger partial charge in [0.1, 0.15) is 6.07 Å². The summed E-state index contributed by atoms with van der Waals surface area (Å²) in [4.78, 5) is 0. The van der Waals surface area contributed by atoms with Gasteiger partial charge in [-0.3, -0.25) is 0 Å². The van der Waals surface area contributed by atoms with Crippen LogP contribution in [0.25, 0.3) is 0 Å². The van der Waals surface area contributed by atoms with Crippen molar-refractivity contribution >= 4 is 11.6 Å². The largest absolute Gasteiger partial charge is 0.475 e. The number of ether oxygens (including phenoxy) is 1. The van der Waals surface area contributed by atoms with Crippen LogP contribution in [0.1, 0.15) is 5.56 Å². The maximum atomic E-state index is 13.1. The Kier molecular flexibility index (Phi) is 3.53. The molecule has 0 atom stereocenters. The van der Waals surface area contributed by atoms with Crippen molar-refractivity contribution in [1.29, 1.82) is 5.26 Å². The zero-order chi connectivity index (χ0) is 9.68. The molecule has 1 aromatic rings. The molecule has 0 radical (unpaired) electrons. The fourth-order valence-electron chi connectivity index (χ4n) is 0.925. The molecule has 0 aliphatic heterocycles. The molecular formula is C9H7ClFNO. The third kappa shape index (κ3) is 2.33. The molecule has 13 heavy (non-hydrogen) atoms. The van der Waals surface area contributed by atoms with Gasteiger partial charge in [0, 0.05) is 5.56 Å². The average Bonchev–Trinajstić information content (AvgIpc) is 2.15. The van der Waals surface area contributed by atoms with Gasteiger partial charge in [-0.25, -0.2) is 4.39 Å². The topological polar surface area (TPSA) is 33.0 Å². The highest BCUT2D eigenvalue weighted by Crippen LogP contribution is 2.23. The number of nitriles is 1. The predicted octanol–water partition coefficient (Wildman–Crippen LogP) is 2.47. The fraction of sp³-hybridized carbons (Fsp3) is 0.222. The molecule has 0 aromatic heterocycles. The summed E-state index contributed by atoms with van der Waals surface area (Å²) in [5.74, 6) is -0.258. The number of alkyl halides is 1. The third-order valence-electron chi connectivity index (χ3n) is 1.47. The Labute approximate surface area is 80.5 Å². The molecule has 0 unspecified atom stereocenters. The Morgan fingerprint density at radius 3 is 2.92 bits per heavy atom. The molecule has 0 amide bonds. The molecule has 1 aromatic carbocycles. The van der Waals surface area contributed by atoms with E-state index in [1.165, 1.54) is 6.07 Å². The summed E-state index contributed by atoms with van der Waals surface area (Å²) in [6, 6.07) is 6.23. The van der Waals surface area contributed by atoms with Crippen LogP contribution >= 0.6 is 11.6 Å². The summed E-state index contributed by atoms with van der Waals surface area (Å²) in [6.07, 6.45) is 0. The van der Waals surface area contributed by atoms with Gasteiger partial charge in [0.15, 0.2) is 18.2 Å². The molecule has 0 bridgehead atoms. The van der Waals surface area contributed by atoms with Gasteiger partial charge in [-0.15, -0.1) is 11.6 Å². The molecule has 0 saturated carbocycles.